The van der Waals surface area contributed by atoms with Crippen molar-refractivity contribution in [3.05, 3.63) is 103 Å². The first-order valence-corrected chi connectivity index (χ1v) is 11.1. The number of aliphatic imine (C=N–C) groups is 1. The lowest BCUT2D eigenvalue weighted by atomic mass is 10.2. The molecule has 3 aromatic rings. The maximum Gasteiger partial charge on any atom is 0.270 e. The number of carbonyl (C=O) groups is 1. The minimum absolute atomic E-state index is 0.0410. The van der Waals surface area contributed by atoms with E-state index in [0.29, 0.717) is 26.8 Å². The summed E-state index contributed by atoms with van der Waals surface area (Å²) >= 11 is 4.48. The number of nitro groups is 1. The van der Waals surface area contributed by atoms with Gasteiger partial charge in [0.1, 0.15) is 12.4 Å². The van der Waals surface area contributed by atoms with Crippen molar-refractivity contribution in [2.24, 2.45) is 4.99 Å². The zero-order valence-electron chi connectivity index (χ0n) is 16.5. The number of nitrogens with zero attached hydrogens (tertiary/aromatic N) is 2. The molecule has 0 bridgehead atoms. The summed E-state index contributed by atoms with van der Waals surface area (Å²) in [5.41, 5.74) is 2.39. The number of ether oxygens (including phenoxy) is 1. The van der Waals surface area contributed by atoms with E-state index in [1.54, 1.807) is 6.08 Å². The van der Waals surface area contributed by atoms with Crippen molar-refractivity contribution in [3.63, 3.8) is 0 Å². The number of thioether (sulfide) groups is 1. The monoisotopic (exact) mass is 509 g/mol. The molecule has 0 radical (unpaired) electrons. The smallest absolute Gasteiger partial charge is 0.270 e. The van der Waals surface area contributed by atoms with Crippen molar-refractivity contribution in [1.82, 2.24) is 5.32 Å². The summed E-state index contributed by atoms with van der Waals surface area (Å²) in [7, 11) is 0. The molecule has 1 N–H and O–H groups in total. The topological polar surface area (TPSA) is 93.8 Å². The number of rotatable bonds is 6. The Bertz CT molecular complexity index is 1230. The van der Waals surface area contributed by atoms with E-state index in [4.69, 9.17) is 4.74 Å². The zero-order valence-corrected chi connectivity index (χ0v) is 18.9. The third-order valence-corrected chi connectivity index (χ3v) is 5.99. The van der Waals surface area contributed by atoms with Gasteiger partial charge >= 0.3 is 0 Å². The molecule has 7 nitrogen and oxygen atoms in total. The Kier molecular flexibility index (Phi) is 6.67. The number of carbonyl (C=O) groups excluding carboxylic acids is 1. The highest BCUT2D eigenvalue weighted by Crippen LogP contribution is 2.33. The molecule has 1 heterocycles. The van der Waals surface area contributed by atoms with E-state index >= 15 is 0 Å². The number of nitro benzene ring substituents is 1. The number of benzene rings is 3. The van der Waals surface area contributed by atoms with E-state index in [1.165, 1.54) is 30.0 Å². The first kappa shape index (κ1) is 21.8. The van der Waals surface area contributed by atoms with Gasteiger partial charge in [0.05, 0.1) is 20.0 Å². The van der Waals surface area contributed by atoms with E-state index in [2.05, 4.69) is 26.2 Å². The van der Waals surface area contributed by atoms with E-state index in [-0.39, 0.29) is 11.6 Å². The van der Waals surface area contributed by atoms with Gasteiger partial charge in [-0.3, -0.25) is 14.9 Å². The highest BCUT2D eigenvalue weighted by Gasteiger charge is 2.24. The summed E-state index contributed by atoms with van der Waals surface area (Å²) in [6.07, 6.45) is 1.77. The normalized spacial score (nSPS) is 15.7. The van der Waals surface area contributed by atoms with E-state index in [0.717, 1.165) is 16.9 Å². The standard InChI is InChI=1S/C23H16BrN3O4S/c24-19-13-17(27(29)30)8-11-20(19)25-23-26-22(28)21(32-23)12-15-6-9-18(10-7-15)31-14-16-4-2-1-3-5-16/h1-13H,14H2,(H,25,26,28)/b21-12+. The van der Waals surface area contributed by atoms with Crippen LogP contribution in [0, 0.1) is 10.1 Å². The second-order valence-electron chi connectivity index (χ2n) is 6.72. The third-order valence-electron chi connectivity index (χ3n) is 4.44. The van der Waals surface area contributed by atoms with Gasteiger partial charge in [-0.15, -0.1) is 0 Å². The summed E-state index contributed by atoms with van der Waals surface area (Å²) in [5.74, 6) is 0.487. The fourth-order valence-electron chi connectivity index (χ4n) is 2.84. The Morgan fingerprint density at radius 2 is 1.84 bits per heavy atom. The molecule has 0 aliphatic carbocycles. The van der Waals surface area contributed by atoms with E-state index < -0.39 is 4.92 Å². The lowest BCUT2D eigenvalue weighted by Crippen LogP contribution is -2.19. The first-order chi connectivity index (χ1) is 15.5. The molecule has 1 aliphatic rings. The SMILES string of the molecule is O=C1NC(=Nc2ccc([N+](=O)[O-])cc2Br)S/C1=C/c1ccc(OCc2ccccc2)cc1. The number of hydrogen-bond donors (Lipinski definition) is 1. The maximum absolute atomic E-state index is 12.3. The van der Waals surface area contributed by atoms with Gasteiger partial charge in [0.2, 0.25) is 0 Å². The van der Waals surface area contributed by atoms with Crippen molar-refractivity contribution < 1.29 is 14.5 Å². The molecule has 1 saturated heterocycles. The quantitative estimate of drug-likeness (QED) is 0.256. The molecule has 0 unspecified atom stereocenters. The molecule has 32 heavy (non-hydrogen) atoms. The molecule has 1 amide bonds. The predicted molar refractivity (Wildman–Crippen MR) is 129 cm³/mol. The lowest BCUT2D eigenvalue weighted by molar-refractivity contribution is -0.384. The molecule has 3 aromatic carbocycles. The van der Waals surface area contributed by atoms with Gasteiger partial charge in [0, 0.05) is 12.1 Å². The highest BCUT2D eigenvalue weighted by atomic mass is 79.9. The first-order valence-electron chi connectivity index (χ1n) is 9.48. The molecule has 160 valence electrons. The number of amidine groups is 1. The van der Waals surface area contributed by atoms with Gasteiger partial charge in [0.25, 0.3) is 11.6 Å². The Morgan fingerprint density at radius 3 is 2.53 bits per heavy atom. The number of nitrogens with one attached hydrogen (secondary N) is 1. The fourth-order valence-corrected chi connectivity index (χ4v) is 4.13. The zero-order chi connectivity index (χ0) is 22.5. The average molecular weight is 510 g/mol. The Morgan fingerprint density at radius 1 is 1.09 bits per heavy atom. The molecule has 0 spiro atoms. The maximum atomic E-state index is 12.3. The van der Waals surface area contributed by atoms with Crippen molar-refractivity contribution in [3.8, 4) is 5.75 Å². The van der Waals surface area contributed by atoms with Gasteiger partial charge in [-0.25, -0.2) is 4.99 Å². The molecule has 1 fully saturated rings. The summed E-state index contributed by atoms with van der Waals surface area (Å²) in [4.78, 5) is 27.6. The van der Waals surface area contributed by atoms with E-state index in [9.17, 15) is 14.9 Å². The minimum Gasteiger partial charge on any atom is -0.489 e. The second kappa shape index (κ2) is 9.80. The van der Waals surface area contributed by atoms with Gasteiger partial charge in [-0.1, -0.05) is 42.5 Å². The molecule has 0 saturated carbocycles. The fraction of sp³-hybridized carbons (Fsp3) is 0.0435. The van der Waals surface area contributed by atoms with Crippen LogP contribution in [-0.4, -0.2) is 16.0 Å². The summed E-state index contributed by atoms with van der Waals surface area (Å²) in [6, 6.07) is 21.6. The molecule has 0 aromatic heterocycles. The van der Waals surface area contributed by atoms with Crippen LogP contribution in [0.25, 0.3) is 6.08 Å². The van der Waals surface area contributed by atoms with Gasteiger partial charge < -0.3 is 10.1 Å². The van der Waals surface area contributed by atoms with Crippen molar-refractivity contribution in [2.75, 3.05) is 0 Å². The molecule has 1 aliphatic heterocycles. The minimum atomic E-state index is -0.480. The van der Waals surface area contributed by atoms with Crippen molar-refractivity contribution in [1.29, 1.82) is 0 Å². The number of non-ortho nitro benzene ring substituents is 1. The largest absolute Gasteiger partial charge is 0.489 e. The van der Waals surface area contributed by atoms with Crippen LogP contribution in [0.2, 0.25) is 0 Å². The van der Waals surface area contributed by atoms with Crippen molar-refractivity contribution >= 4 is 56.2 Å². The van der Waals surface area contributed by atoms with Crippen LogP contribution in [0.15, 0.2) is 87.2 Å². The van der Waals surface area contributed by atoms with Crippen LogP contribution in [0.1, 0.15) is 11.1 Å². The van der Waals surface area contributed by atoms with Crippen LogP contribution >= 0.6 is 27.7 Å². The second-order valence-corrected chi connectivity index (χ2v) is 8.60. The van der Waals surface area contributed by atoms with Crippen LogP contribution in [0.4, 0.5) is 11.4 Å². The summed E-state index contributed by atoms with van der Waals surface area (Å²) < 4.78 is 6.26. The number of hydrogen-bond acceptors (Lipinski definition) is 6. The predicted octanol–water partition coefficient (Wildman–Crippen LogP) is 5.83. The number of halogens is 1. The highest BCUT2D eigenvalue weighted by molar-refractivity contribution is 9.10. The summed E-state index contributed by atoms with van der Waals surface area (Å²) in [6.45, 7) is 0.484. The molecule has 0 atom stereocenters. The van der Waals surface area contributed by atoms with E-state index in [1.807, 2.05) is 54.6 Å². The Balaban J connectivity index is 1.43. The van der Waals surface area contributed by atoms with Crippen LogP contribution < -0.4 is 10.1 Å². The molecule has 4 rings (SSSR count). The van der Waals surface area contributed by atoms with Gasteiger partial charge in [-0.2, -0.15) is 0 Å². The third kappa shape index (κ3) is 5.43. The lowest BCUT2D eigenvalue weighted by Gasteiger charge is -2.06. The Hall–Kier alpha value is -3.43. The molecular weight excluding hydrogens is 494 g/mol. The van der Waals surface area contributed by atoms with Gasteiger partial charge in [0.15, 0.2) is 5.17 Å². The molecule has 9 heteroatoms. The molecular formula is C23H16BrN3O4S. The summed E-state index contributed by atoms with van der Waals surface area (Å²) in [5, 5.41) is 14.0. The Labute approximate surface area is 196 Å². The van der Waals surface area contributed by atoms with Gasteiger partial charge in [-0.05, 0) is 63.1 Å². The van der Waals surface area contributed by atoms with Crippen LogP contribution in [-0.2, 0) is 11.4 Å². The van der Waals surface area contributed by atoms with Crippen molar-refractivity contribution in [2.45, 2.75) is 6.61 Å². The average Bonchev–Trinajstić information content (AvgIpc) is 3.13. The van der Waals surface area contributed by atoms with Crippen LogP contribution in [0.3, 0.4) is 0 Å². The van der Waals surface area contributed by atoms with Crippen LogP contribution in [0.5, 0.6) is 5.75 Å². The number of amides is 1.